The highest BCUT2D eigenvalue weighted by atomic mass is 16.4. The summed E-state index contributed by atoms with van der Waals surface area (Å²) in [6, 6.07) is 7.09. The van der Waals surface area contributed by atoms with Gasteiger partial charge < -0.3 is 5.11 Å². The van der Waals surface area contributed by atoms with Gasteiger partial charge in [-0.1, -0.05) is 81.4 Å². The second-order valence-corrected chi connectivity index (χ2v) is 8.74. The van der Waals surface area contributed by atoms with Gasteiger partial charge in [-0.2, -0.15) is 0 Å². The van der Waals surface area contributed by atoms with E-state index in [0.717, 1.165) is 44.9 Å². The first-order valence-electron chi connectivity index (χ1n) is 12.3. The molecule has 174 valence electrons. The van der Waals surface area contributed by atoms with Gasteiger partial charge in [-0.05, 0) is 51.0 Å². The maximum Gasteiger partial charge on any atom is 0.303 e. The summed E-state index contributed by atoms with van der Waals surface area (Å²) in [5, 5.41) is 8.59. The summed E-state index contributed by atoms with van der Waals surface area (Å²) in [5.74, 6) is -0.713. The molecule has 0 amide bonds. The van der Waals surface area contributed by atoms with Crippen LogP contribution >= 0.6 is 0 Å². The van der Waals surface area contributed by atoms with Gasteiger partial charge in [0.2, 0.25) is 0 Å². The molecule has 32 heavy (non-hydrogen) atoms. The molecule has 0 aromatic heterocycles. The van der Waals surface area contributed by atoms with Crippen LogP contribution in [0.5, 0.6) is 0 Å². The Labute approximate surface area is 192 Å². The number of carboxylic acid groups (broad SMARTS) is 1. The first-order chi connectivity index (χ1) is 15.6. The fraction of sp³-hybridized carbons (Fsp3) is 0.536. The summed E-state index contributed by atoms with van der Waals surface area (Å²) < 4.78 is 0. The fourth-order valence-corrected chi connectivity index (χ4v) is 4.15. The zero-order chi connectivity index (χ0) is 23.0. The van der Waals surface area contributed by atoms with E-state index in [1.165, 1.54) is 44.6 Å². The van der Waals surface area contributed by atoms with Crippen LogP contribution in [0, 0.1) is 0 Å². The molecule has 1 aliphatic carbocycles. The van der Waals surface area contributed by atoms with Crippen molar-refractivity contribution in [1.29, 1.82) is 0 Å². The molecule has 4 heteroatoms. The summed E-state index contributed by atoms with van der Waals surface area (Å²) in [6.45, 7) is 0. The van der Waals surface area contributed by atoms with Crippen molar-refractivity contribution in [3.8, 4) is 0 Å². The Balaban J connectivity index is 1.42. The van der Waals surface area contributed by atoms with E-state index in [1.54, 1.807) is 18.2 Å². The predicted molar refractivity (Wildman–Crippen MR) is 129 cm³/mol. The topological polar surface area (TPSA) is 71.4 Å². The number of aliphatic carboxylic acids is 1. The minimum absolute atomic E-state index is 0.0187. The molecule has 0 saturated carbocycles. The van der Waals surface area contributed by atoms with E-state index in [1.807, 2.05) is 6.07 Å². The van der Waals surface area contributed by atoms with Gasteiger partial charge in [0, 0.05) is 23.1 Å². The lowest BCUT2D eigenvalue weighted by Crippen LogP contribution is -2.16. The number of hydrogen-bond donors (Lipinski definition) is 1. The lowest BCUT2D eigenvalue weighted by molar-refractivity contribution is -0.137. The van der Waals surface area contributed by atoms with E-state index in [2.05, 4.69) is 12.2 Å². The number of Topliss-reactive ketones (excluding diaryl/α,β-unsaturated/α-hetero) is 1. The quantitative estimate of drug-likeness (QED) is 0.202. The summed E-state index contributed by atoms with van der Waals surface area (Å²) in [5.41, 5.74) is 1.75. The molecule has 0 saturated heterocycles. The molecule has 0 atom stereocenters. The molecule has 2 rings (SSSR count). The minimum atomic E-state index is -0.689. The fourth-order valence-electron chi connectivity index (χ4n) is 4.15. The highest BCUT2D eigenvalue weighted by Gasteiger charge is 2.24. The molecule has 1 aromatic carbocycles. The van der Waals surface area contributed by atoms with Crippen LogP contribution in [-0.4, -0.2) is 22.6 Å². The Bertz CT molecular complexity index is 803. The van der Waals surface area contributed by atoms with Crippen molar-refractivity contribution in [1.82, 2.24) is 0 Å². The zero-order valence-electron chi connectivity index (χ0n) is 19.3. The molecule has 0 fully saturated rings. The van der Waals surface area contributed by atoms with Crippen molar-refractivity contribution in [3.05, 3.63) is 59.2 Å². The number of ketones is 2. The Morgan fingerprint density at radius 3 is 1.88 bits per heavy atom. The molecule has 4 nitrogen and oxygen atoms in total. The van der Waals surface area contributed by atoms with Gasteiger partial charge in [0.25, 0.3) is 0 Å². The largest absolute Gasteiger partial charge is 0.481 e. The standard InChI is InChI=1S/C28H38O4/c29-26-22-23(28(32)25-20-17-16-19-24(25)26)18-14-12-10-8-6-4-2-1-3-5-7-9-11-13-15-21-27(30)31/h1,3,16-17,19-20,22H,2,4-15,18,21H2,(H,30,31)/b3-1-. The van der Waals surface area contributed by atoms with Gasteiger partial charge in [0.15, 0.2) is 11.6 Å². The van der Waals surface area contributed by atoms with E-state index < -0.39 is 5.97 Å². The molecule has 0 heterocycles. The molecule has 0 aliphatic heterocycles. The van der Waals surface area contributed by atoms with E-state index in [0.29, 0.717) is 29.5 Å². The normalized spacial score (nSPS) is 13.4. The van der Waals surface area contributed by atoms with Crippen molar-refractivity contribution in [2.75, 3.05) is 0 Å². The molecule has 0 unspecified atom stereocenters. The highest BCUT2D eigenvalue weighted by molar-refractivity contribution is 6.24. The van der Waals surface area contributed by atoms with Crippen molar-refractivity contribution in [3.63, 3.8) is 0 Å². The molecule has 0 spiro atoms. The minimum Gasteiger partial charge on any atom is -0.481 e. The predicted octanol–water partition coefficient (Wildman–Crippen LogP) is 7.48. The van der Waals surface area contributed by atoms with Gasteiger partial charge in [-0.3, -0.25) is 14.4 Å². The molecule has 1 aliphatic rings. The van der Waals surface area contributed by atoms with Gasteiger partial charge in [-0.25, -0.2) is 0 Å². The molecule has 0 radical (unpaired) electrons. The SMILES string of the molecule is O=C(O)CCCCCCC/C=C\CCCCCCCCC1=CC(=O)c2ccccc2C1=O. The number of hydrogen-bond acceptors (Lipinski definition) is 3. The number of carbonyl (C=O) groups is 3. The average Bonchev–Trinajstić information content (AvgIpc) is 2.78. The maximum absolute atomic E-state index is 12.5. The third-order valence-electron chi connectivity index (χ3n) is 6.03. The second kappa shape index (κ2) is 15.3. The van der Waals surface area contributed by atoms with E-state index in [-0.39, 0.29) is 11.6 Å². The summed E-state index contributed by atoms with van der Waals surface area (Å²) in [6.07, 6.45) is 21.6. The third kappa shape index (κ3) is 9.76. The van der Waals surface area contributed by atoms with E-state index >= 15 is 0 Å². The molecular formula is C28H38O4. The number of rotatable bonds is 17. The first-order valence-corrected chi connectivity index (χ1v) is 12.3. The third-order valence-corrected chi connectivity index (χ3v) is 6.03. The average molecular weight is 439 g/mol. The Kier molecular flexibility index (Phi) is 12.3. The van der Waals surface area contributed by atoms with Crippen LogP contribution in [-0.2, 0) is 4.79 Å². The molecule has 0 bridgehead atoms. The number of benzene rings is 1. The molecular weight excluding hydrogens is 400 g/mol. The van der Waals surface area contributed by atoms with Gasteiger partial charge >= 0.3 is 5.97 Å². The van der Waals surface area contributed by atoms with Crippen LogP contribution in [0.15, 0.2) is 48.1 Å². The van der Waals surface area contributed by atoms with E-state index in [9.17, 15) is 14.4 Å². The lowest BCUT2D eigenvalue weighted by atomic mass is 9.87. The van der Waals surface area contributed by atoms with Crippen LogP contribution < -0.4 is 0 Å². The van der Waals surface area contributed by atoms with Crippen LogP contribution in [0.1, 0.15) is 117 Å². The van der Waals surface area contributed by atoms with Crippen LogP contribution in [0.4, 0.5) is 0 Å². The second-order valence-electron chi connectivity index (χ2n) is 8.74. The lowest BCUT2D eigenvalue weighted by Gasteiger charge is -2.14. The number of unbranched alkanes of at least 4 members (excludes halogenated alkanes) is 11. The summed E-state index contributed by atoms with van der Waals surface area (Å²) >= 11 is 0. The van der Waals surface area contributed by atoms with Gasteiger partial charge in [0.1, 0.15) is 0 Å². The van der Waals surface area contributed by atoms with Crippen LogP contribution in [0.2, 0.25) is 0 Å². The monoisotopic (exact) mass is 438 g/mol. The van der Waals surface area contributed by atoms with Crippen LogP contribution in [0.3, 0.4) is 0 Å². The van der Waals surface area contributed by atoms with Gasteiger partial charge in [0.05, 0.1) is 0 Å². The van der Waals surface area contributed by atoms with Crippen molar-refractivity contribution >= 4 is 17.5 Å². The Morgan fingerprint density at radius 1 is 0.719 bits per heavy atom. The van der Waals surface area contributed by atoms with Crippen molar-refractivity contribution < 1.29 is 19.5 Å². The zero-order valence-corrected chi connectivity index (χ0v) is 19.3. The molecule has 1 N–H and O–H groups in total. The molecule has 1 aromatic rings. The maximum atomic E-state index is 12.5. The number of allylic oxidation sites excluding steroid dienone is 4. The van der Waals surface area contributed by atoms with E-state index in [4.69, 9.17) is 5.11 Å². The highest BCUT2D eigenvalue weighted by Crippen LogP contribution is 2.24. The first kappa shape index (κ1) is 25.8. The number of fused-ring (bicyclic) bond motifs is 1. The smallest absolute Gasteiger partial charge is 0.303 e. The summed E-state index contributed by atoms with van der Waals surface area (Å²) in [7, 11) is 0. The summed E-state index contributed by atoms with van der Waals surface area (Å²) in [4.78, 5) is 35.1. The van der Waals surface area contributed by atoms with Crippen molar-refractivity contribution in [2.24, 2.45) is 0 Å². The van der Waals surface area contributed by atoms with Gasteiger partial charge in [-0.15, -0.1) is 0 Å². The number of carboxylic acids is 1. The Hall–Kier alpha value is -2.49. The Morgan fingerprint density at radius 2 is 1.25 bits per heavy atom. The number of carbonyl (C=O) groups excluding carboxylic acids is 2. The van der Waals surface area contributed by atoms with Crippen LogP contribution in [0.25, 0.3) is 0 Å². The van der Waals surface area contributed by atoms with Crippen molar-refractivity contribution in [2.45, 2.75) is 96.3 Å².